The van der Waals surface area contributed by atoms with Gasteiger partial charge in [0.2, 0.25) is 0 Å². The van der Waals surface area contributed by atoms with E-state index in [0.29, 0.717) is 30.8 Å². The van der Waals surface area contributed by atoms with Crippen LogP contribution < -0.4 is 11.1 Å². The molecule has 1 aromatic rings. The minimum Gasteiger partial charge on any atom is -0.478 e. The molecule has 7 nitrogen and oxygen atoms in total. The van der Waals surface area contributed by atoms with E-state index in [0.717, 1.165) is 6.08 Å². The van der Waals surface area contributed by atoms with Crippen LogP contribution in [0.2, 0.25) is 0 Å². The third-order valence-electron chi connectivity index (χ3n) is 2.33. The first-order chi connectivity index (χ1) is 9.04. The molecule has 0 aliphatic heterocycles. The van der Waals surface area contributed by atoms with Gasteiger partial charge < -0.3 is 16.2 Å². The molecule has 0 unspecified atom stereocenters. The van der Waals surface area contributed by atoms with Crippen LogP contribution in [0.15, 0.2) is 30.4 Å². The van der Waals surface area contributed by atoms with Crippen LogP contribution in [0, 0.1) is 10.1 Å². The number of hydrogen-bond acceptors (Lipinski definition) is 5. The normalized spacial score (nSPS) is 10.6. The average Bonchev–Trinajstić information content (AvgIpc) is 2.36. The van der Waals surface area contributed by atoms with E-state index in [-0.39, 0.29) is 5.69 Å². The van der Waals surface area contributed by atoms with Crippen molar-refractivity contribution in [2.45, 2.75) is 6.42 Å². The molecule has 0 aromatic heterocycles. The van der Waals surface area contributed by atoms with E-state index in [1.54, 1.807) is 12.1 Å². The molecule has 1 aromatic carbocycles. The SMILES string of the molecule is NCCNc1ccc(CC=CC(=O)O)cc1[N+](=O)[O-]. The fraction of sp³-hybridized carbons (Fsp3) is 0.250. The lowest BCUT2D eigenvalue weighted by Gasteiger charge is -2.06. The highest BCUT2D eigenvalue weighted by atomic mass is 16.6. The summed E-state index contributed by atoms with van der Waals surface area (Å²) in [5.74, 6) is -1.05. The second kappa shape index (κ2) is 7.12. The number of nitrogens with one attached hydrogen (secondary N) is 1. The van der Waals surface area contributed by atoms with E-state index >= 15 is 0 Å². The maximum atomic E-state index is 10.9. The molecule has 0 saturated carbocycles. The fourth-order valence-electron chi connectivity index (χ4n) is 1.51. The van der Waals surface area contributed by atoms with Crippen LogP contribution in [0.4, 0.5) is 11.4 Å². The maximum Gasteiger partial charge on any atom is 0.327 e. The standard InChI is InChI=1S/C12H15N3O4/c13-6-7-14-10-5-4-9(2-1-3-12(16)17)8-11(10)15(18)19/h1,3-5,8,14H,2,6-7,13H2,(H,16,17). The number of aliphatic carboxylic acids is 1. The molecule has 0 bridgehead atoms. The van der Waals surface area contributed by atoms with Crippen LogP contribution in [-0.2, 0) is 11.2 Å². The van der Waals surface area contributed by atoms with Crippen LogP contribution in [0.3, 0.4) is 0 Å². The Kier molecular flexibility index (Phi) is 5.49. The third kappa shape index (κ3) is 4.76. The zero-order valence-corrected chi connectivity index (χ0v) is 10.2. The zero-order chi connectivity index (χ0) is 14.3. The molecular weight excluding hydrogens is 250 g/mol. The van der Waals surface area contributed by atoms with E-state index in [2.05, 4.69) is 5.32 Å². The summed E-state index contributed by atoms with van der Waals surface area (Å²) in [5, 5.41) is 22.3. The lowest BCUT2D eigenvalue weighted by molar-refractivity contribution is -0.384. The fourth-order valence-corrected chi connectivity index (χ4v) is 1.51. The van der Waals surface area contributed by atoms with Gasteiger partial charge in [0, 0.05) is 25.2 Å². The second-order valence-electron chi connectivity index (χ2n) is 3.77. The third-order valence-corrected chi connectivity index (χ3v) is 2.33. The number of nitro benzene ring substituents is 1. The number of hydrogen-bond donors (Lipinski definition) is 3. The molecule has 0 spiro atoms. The quantitative estimate of drug-likeness (QED) is 0.386. The number of rotatable bonds is 7. The summed E-state index contributed by atoms with van der Waals surface area (Å²) in [6.45, 7) is 0.819. The second-order valence-corrected chi connectivity index (χ2v) is 3.77. The molecule has 0 saturated heterocycles. The Hall–Kier alpha value is -2.41. The smallest absolute Gasteiger partial charge is 0.327 e. The molecule has 0 heterocycles. The number of benzene rings is 1. The number of anilines is 1. The highest BCUT2D eigenvalue weighted by molar-refractivity contribution is 5.79. The average molecular weight is 265 g/mol. The molecule has 7 heteroatoms. The highest BCUT2D eigenvalue weighted by Crippen LogP contribution is 2.25. The zero-order valence-electron chi connectivity index (χ0n) is 10.2. The van der Waals surface area contributed by atoms with Crippen molar-refractivity contribution in [3.05, 3.63) is 46.0 Å². The lowest BCUT2D eigenvalue weighted by atomic mass is 10.1. The molecule has 102 valence electrons. The molecule has 19 heavy (non-hydrogen) atoms. The Morgan fingerprint density at radius 3 is 2.84 bits per heavy atom. The minimum atomic E-state index is -1.05. The molecule has 0 fully saturated rings. The van der Waals surface area contributed by atoms with Gasteiger partial charge in [0.25, 0.3) is 5.69 Å². The first kappa shape index (κ1) is 14.7. The molecule has 0 aliphatic carbocycles. The maximum absolute atomic E-state index is 10.9. The van der Waals surface area contributed by atoms with Crippen molar-refractivity contribution < 1.29 is 14.8 Å². The Balaban J connectivity index is 2.89. The van der Waals surface area contributed by atoms with E-state index in [1.807, 2.05) is 0 Å². The lowest BCUT2D eigenvalue weighted by Crippen LogP contribution is -2.14. The van der Waals surface area contributed by atoms with Crippen molar-refractivity contribution in [1.29, 1.82) is 0 Å². The molecule has 0 aliphatic rings. The predicted octanol–water partition coefficient (Wildman–Crippen LogP) is 1.15. The monoisotopic (exact) mass is 265 g/mol. The van der Waals surface area contributed by atoms with Gasteiger partial charge in [-0.1, -0.05) is 12.1 Å². The van der Waals surface area contributed by atoms with Crippen LogP contribution in [0.25, 0.3) is 0 Å². The number of nitro groups is 1. The van der Waals surface area contributed by atoms with Crippen LogP contribution >= 0.6 is 0 Å². The van der Waals surface area contributed by atoms with Crippen LogP contribution in [-0.4, -0.2) is 29.1 Å². The van der Waals surface area contributed by atoms with Crippen LogP contribution in [0.1, 0.15) is 5.56 Å². The summed E-state index contributed by atoms with van der Waals surface area (Å²) >= 11 is 0. The predicted molar refractivity (Wildman–Crippen MR) is 71.1 cm³/mol. The number of nitrogens with two attached hydrogens (primary N) is 1. The number of allylic oxidation sites excluding steroid dienone is 1. The van der Waals surface area contributed by atoms with Gasteiger partial charge >= 0.3 is 5.97 Å². The topological polar surface area (TPSA) is 118 Å². The van der Waals surface area contributed by atoms with Gasteiger partial charge in [-0.3, -0.25) is 10.1 Å². The Morgan fingerprint density at radius 2 is 2.26 bits per heavy atom. The van der Waals surface area contributed by atoms with Crippen molar-refractivity contribution in [1.82, 2.24) is 0 Å². The van der Waals surface area contributed by atoms with E-state index < -0.39 is 10.9 Å². The van der Waals surface area contributed by atoms with Gasteiger partial charge in [-0.2, -0.15) is 0 Å². The number of carboxylic acid groups (broad SMARTS) is 1. The van der Waals surface area contributed by atoms with Crippen LogP contribution in [0.5, 0.6) is 0 Å². The summed E-state index contributed by atoms with van der Waals surface area (Å²) in [5.41, 5.74) is 6.36. The molecule has 4 N–H and O–H groups in total. The van der Waals surface area contributed by atoms with E-state index in [9.17, 15) is 14.9 Å². The summed E-state index contributed by atoms with van der Waals surface area (Å²) in [6.07, 6.45) is 2.77. The van der Waals surface area contributed by atoms with Crippen molar-refractivity contribution in [3.63, 3.8) is 0 Å². The van der Waals surface area contributed by atoms with E-state index in [4.69, 9.17) is 10.8 Å². The largest absolute Gasteiger partial charge is 0.478 e. The Morgan fingerprint density at radius 1 is 1.53 bits per heavy atom. The van der Waals surface area contributed by atoms with Crippen molar-refractivity contribution in [3.8, 4) is 0 Å². The van der Waals surface area contributed by atoms with E-state index in [1.165, 1.54) is 12.1 Å². The number of nitrogens with zero attached hydrogens (tertiary/aromatic N) is 1. The minimum absolute atomic E-state index is 0.0466. The van der Waals surface area contributed by atoms with Gasteiger partial charge in [0.05, 0.1) is 4.92 Å². The molecule has 1 rings (SSSR count). The summed E-state index contributed by atoms with van der Waals surface area (Å²) in [7, 11) is 0. The summed E-state index contributed by atoms with van der Waals surface area (Å²) < 4.78 is 0. The Labute approximate surface area is 109 Å². The summed E-state index contributed by atoms with van der Waals surface area (Å²) in [4.78, 5) is 20.8. The van der Waals surface area contributed by atoms with Gasteiger partial charge in [0.1, 0.15) is 5.69 Å². The van der Waals surface area contributed by atoms with Gasteiger partial charge in [-0.05, 0) is 18.1 Å². The highest BCUT2D eigenvalue weighted by Gasteiger charge is 2.13. The van der Waals surface area contributed by atoms with Gasteiger partial charge in [-0.25, -0.2) is 4.79 Å². The first-order valence-corrected chi connectivity index (χ1v) is 5.65. The summed E-state index contributed by atoms with van der Waals surface area (Å²) in [6, 6.07) is 4.72. The number of carboxylic acids is 1. The molecule has 0 atom stereocenters. The molecule has 0 amide bonds. The number of carbonyl (C=O) groups is 1. The first-order valence-electron chi connectivity index (χ1n) is 5.65. The molecule has 0 radical (unpaired) electrons. The molecular formula is C12H15N3O4. The van der Waals surface area contributed by atoms with Crippen molar-refractivity contribution in [2.24, 2.45) is 5.73 Å². The van der Waals surface area contributed by atoms with Crippen molar-refractivity contribution >= 4 is 17.3 Å². The Bertz CT molecular complexity index is 500. The van der Waals surface area contributed by atoms with Crippen molar-refractivity contribution in [2.75, 3.05) is 18.4 Å². The van der Waals surface area contributed by atoms with Gasteiger partial charge in [-0.15, -0.1) is 0 Å². The van der Waals surface area contributed by atoms with Gasteiger partial charge in [0.15, 0.2) is 0 Å².